The van der Waals surface area contributed by atoms with Crippen LogP contribution in [0.2, 0.25) is 0 Å². The normalized spacial score (nSPS) is 20.2. The summed E-state index contributed by atoms with van der Waals surface area (Å²) in [5, 5.41) is 2.93. The van der Waals surface area contributed by atoms with E-state index in [-0.39, 0.29) is 18.0 Å². The van der Waals surface area contributed by atoms with Crippen LogP contribution in [0.5, 0.6) is 0 Å². The van der Waals surface area contributed by atoms with Crippen LogP contribution in [0.1, 0.15) is 24.4 Å². The van der Waals surface area contributed by atoms with Crippen LogP contribution in [0.3, 0.4) is 0 Å². The molecule has 2 aromatic rings. The van der Waals surface area contributed by atoms with Crippen molar-refractivity contribution in [2.24, 2.45) is 5.92 Å². The Labute approximate surface area is 164 Å². The third-order valence-electron chi connectivity index (χ3n) is 5.45. The van der Waals surface area contributed by atoms with Gasteiger partial charge in [0.25, 0.3) is 0 Å². The number of amides is 1. The molecule has 2 aliphatic heterocycles. The van der Waals surface area contributed by atoms with Gasteiger partial charge in [0.2, 0.25) is 5.91 Å². The monoisotopic (exact) mass is 384 g/mol. The Hall–Kier alpha value is -2.28. The summed E-state index contributed by atoms with van der Waals surface area (Å²) in [7, 11) is 0. The summed E-state index contributed by atoms with van der Waals surface area (Å²) in [6.45, 7) is 2.92. The maximum absolute atomic E-state index is 13.2. The Morgan fingerprint density at radius 1 is 1.00 bits per heavy atom. The quantitative estimate of drug-likeness (QED) is 0.856. The molecule has 1 amide bonds. The van der Waals surface area contributed by atoms with E-state index in [0.717, 1.165) is 31.5 Å². The van der Waals surface area contributed by atoms with Crippen LogP contribution in [-0.2, 0) is 14.3 Å². The Kier molecular flexibility index (Phi) is 6.00. The van der Waals surface area contributed by atoms with E-state index in [1.165, 1.54) is 12.1 Å². The zero-order valence-corrected chi connectivity index (χ0v) is 15.7. The molecule has 1 atom stereocenters. The molecular formula is C22H25FN2O3. The average molecular weight is 384 g/mol. The number of hydrogen-bond donors (Lipinski definition) is 1. The van der Waals surface area contributed by atoms with Gasteiger partial charge in [-0.05, 0) is 55.8 Å². The molecule has 2 saturated heterocycles. The summed E-state index contributed by atoms with van der Waals surface area (Å²) in [6, 6.07) is 15.2. The van der Waals surface area contributed by atoms with Crippen molar-refractivity contribution in [3.8, 4) is 0 Å². The molecule has 2 fully saturated rings. The van der Waals surface area contributed by atoms with Crippen LogP contribution >= 0.6 is 0 Å². The molecule has 148 valence electrons. The third kappa shape index (κ3) is 4.41. The number of nitrogens with one attached hydrogen (secondary N) is 1. The number of piperidine rings is 1. The number of anilines is 1. The molecule has 0 aromatic heterocycles. The molecule has 28 heavy (non-hydrogen) atoms. The molecule has 0 radical (unpaired) electrons. The lowest BCUT2D eigenvalue weighted by atomic mass is 9.93. The Balaban J connectivity index is 1.48. The molecule has 0 aliphatic carbocycles. The number of halogens is 1. The highest BCUT2D eigenvalue weighted by atomic mass is 19.1. The largest absolute Gasteiger partial charge is 0.350 e. The van der Waals surface area contributed by atoms with Crippen LogP contribution in [0.25, 0.3) is 0 Å². The molecule has 0 saturated carbocycles. The van der Waals surface area contributed by atoms with Crippen molar-refractivity contribution in [3.63, 3.8) is 0 Å². The zero-order chi connectivity index (χ0) is 19.3. The van der Waals surface area contributed by atoms with E-state index >= 15 is 0 Å². The van der Waals surface area contributed by atoms with E-state index in [1.807, 2.05) is 30.3 Å². The highest BCUT2D eigenvalue weighted by Crippen LogP contribution is 2.31. The molecule has 2 aromatic carbocycles. The van der Waals surface area contributed by atoms with Crippen molar-refractivity contribution < 1.29 is 18.7 Å². The zero-order valence-electron chi connectivity index (χ0n) is 15.7. The second kappa shape index (κ2) is 8.82. The molecule has 2 heterocycles. The van der Waals surface area contributed by atoms with Crippen molar-refractivity contribution in [1.29, 1.82) is 0 Å². The number of hydrogen-bond acceptors (Lipinski definition) is 4. The van der Waals surface area contributed by atoms with Gasteiger partial charge in [0, 0.05) is 11.6 Å². The predicted octanol–water partition coefficient (Wildman–Crippen LogP) is 3.59. The second-order valence-electron chi connectivity index (χ2n) is 7.29. The summed E-state index contributed by atoms with van der Waals surface area (Å²) in [4.78, 5) is 15.3. The molecule has 2 aliphatic rings. The smallest absolute Gasteiger partial charge is 0.246 e. The lowest BCUT2D eigenvalue weighted by Gasteiger charge is -2.38. The number of ether oxygens (including phenoxy) is 2. The topological polar surface area (TPSA) is 50.8 Å². The summed E-state index contributed by atoms with van der Waals surface area (Å²) in [6.07, 6.45) is 1.75. The fraction of sp³-hybridized carbons (Fsp3) is 0.409. The summed E-state index contributed by atoms with van der Waals surface area (Å²) in [5.74, 6) is -0.0593. The maximum atomic E-state index is 13.2. The lowest BCUT2D eigenvalue weighted by Crippen LogP contribution is -2.44. The van der Waals surface area contributed by atoms with E-state index in [0.29, 0.717) is 24.8 Å². The Bertz CT molecular complexity index is 770. The molecule has 0 bridgehead atoms. The summed E-state index contributed by atoms with van der Waals surface area (Å²) in [5.41, 5.74) is 1.55. The molecule has 1 unspecified atom stereocenters. The third-order valence-corrected chi connectivity index (χ3v) is 5.45. The first-order valence-electron chi connectivity index (χ1n) is 9.79. The van der Waals surface area contributed by atoms with Gasteiger partial charge in [-0.3, -0.25) is 9.69 Å². The van der Waals surface area contributed by atoms with Crippen LogP contribution in [0.4, 0.5) is 10.1 Å². The van der Waals surface area contributed by atoms with E-state index in [9.17, 15) is 9.18 Å². The van der Waals surface area contributed by atoms with E-state index in [2.05, 4.69) is 10.2 Å². The minimum atomic E-state index is -0.391. The van der Waals surface area contributed by atoms with Gasteiger partial charge < -0.3 is 14.8 Å². The lowest BCUT2D eigenvalue weighted by molar-refractivity contribution is -0.124. The van der Waals surface area contributed by atoms with Crippen LogP contribution < -0.4 is 5.32 Å². The SMILES string of the molecule is O=C(Nc1ccc(F)cc1)C(c1ccccc1)N1CCC(C2OCCO2)CC1. The van der Waals surface area contributed by atoms with Crippen LogP contribution in [-0.4, -0.2) is 43.4 Å². The number of carbonyl (C=O) groups is 1. The fourth-order valence-electron chi connectivity index (χ4n) is 4.01. The van der Waals surface area contributed by atoms with Gasteiger partial charge in [0.05, 0.1) is 13.2 Å². The number of benzene rings is 2. The Morgan fingerprint density at radius 3 is 2.29 bits per heavy atom. The van der Waals surface area contributed by atoms with Crippen molar-refractivity contribution >= 4 is 11.6 Å². The van der Waals surface area contributed by atoms with Crippen LogP contribution in [0.15, 0.2) is 54.6 Å². The molecule has 6 heteroatoms. The summed E-state index contributed by atoms with van der Waals surface area (Å²) < 4.78 is 24.5. The van der Waals surface area contributed by atoms with Gasteiger partial charge in [0.15, 0.2) is 6.29 Å². The standard InChI is InChI=1S/C22H25FN2O3/c23-18-6-8-19(9-7-18)24-21(26)20(16-4-2-1-3-5-16)25-12-10-17(11-13-25)22-27-14-15-28-22/h1-9,17,20,22H,10-15H2,(H,24,26). The van der Waals surface area contributed by atoms with Gasteiger partial charge in [-0.15, -0.1) is 0 Å². The van der Waals surface area contributed by atoms with Crippen molar-refractivity contribution in [3.05, 3.63) is 66.0 Å². The molecule has 1 N–H and O–H groups in total. The summed E-state index contributed by atoms with van der Waals surface area (Å²) >= 11 is 0. The molecule has 4 rings (SSSR count). The van der Waals surface area contributed by atoms with E-state index < -0.39 is 6.04 Å². The first-order valence-corrected chi connectivity index (χ1v) is 9.79. The van der Waals surface area contributed by atoms with Gasteiger partial charge in [-0.2, -0.15) is 0 Å². The number of carbonyl (C=O) groups excluding carboxylic acids is 1. The van der Waals surface area contributed by atoms with E-state index in [4.69, 9.17) is 9.47 Å². The van der Waals surface area contributed by atoms with E-state index in [1.54, 1.807) is 12.1 Å². The number of rotatable bonds is 5. The van der Waals surface area contributed by atoms with Gasteiger partial charge in [-0.1, -0.05) is 30.3 Å². The predicted molar refractivity (Wildman–Crippen MR) is 104 cm³/mol. The van der Waals surface area contributed by atoms with Gasteiger partial charge >= 0.3 is 0 Å². The molecule has 5 nitrogen and oxygen atoms in total. The number of nitrogens with zero attached hydrogens (tertiary/aromatic N) is 1. The molecular weight excluding hydrogens is 359 g/mol. The Morgan fingerprint density at radius 2 is 1.64 bits per heavy atom. The maximum Gasteiger partial charge on any atom is 0.246 e. The number of likely N-dealkylation sites (tertiary alicyclic amines) is 1. The minimum Gasteiger partial charge on any atom is -0.350 e. The highest BCUT2D eigenvalue weighted by molar-refractivity contribution is 5.95. The minimum absolute atomic E-state index is 0.106. The molecule has 0 spiro atoms. The van der Waals surface area contributed by atoms with Crippen molar-refractivity contribution in [2.45, 2.75) is 25.2 Å². The van der Waals surface area contributed by atoms with Crippen molar-refractivity contribution in [2.75, 3.05) is 31.6 Å². The van der Waals surface area contributed by atoms with Gasteiger partial charge in [0.1, 0.15) is 11.9 Å². The fourth-order valence-corrected chi connectivity index (χ4v) is 4.01. The second-order valence-corrected chi connectivity index (χ2v) is 7.29. The van der Waals surface area contributed by atoms with Crippen molar-refractivity contribution in [1.82, 2.24) is 4.90 Å². The highest BCUT2D eigenvalue weighted by Gasteiger charge is 2.35. The first-order chi connectivity index (χ1) is 13.7. The average Bonchev–Trinajstić information content (AvgIpc) is 3.26. The van der Waals surface area contributed by atoms with Gasteiger partial charge in [-0.25, -0.2) is 4.39 Å². The van der Waals surface area contributed by atoms with Crippen LogP contribution in [0, 0.1) is 11.7 Å². The first kappa shape index (κ1) is 19.1.